The van der Waals surface area contributed by atoms with Crippen LogP contribution in [-0.4, -0.2) is 12.5 Å². The van der Waals surface area contributed by atoms with Gasteiger partial charge in [0.1, 0.15) is 0 Å². The summed E-state index contributed by atoms with van der Waals surface area (Å²) < 4.78 is 0.942. The van der Waals surface area contributed by atoms with Crippen molar-refractivity contribution < 1.29 is 4.79 Å². The Kier molecular flexibility index (Phi) is 6.23. The van der Waals surface area contributed by atoms with Crippen molar-refractivity contribution in [2.45, 2.75) is 13.1 Å². The van der Waals surface area contributed by atoms with Crippen LogP contribution in [0.25, 0.3) is 0 Å². The molecule has 3 nitrogen and oxygen atoms in total. The van der Waals surface area contributed by atoms with Crippen LogP contribution in [0.5, 0.6) is 0 Å². The Balaban J connectivity index is 1.72. The Morgan fingerprint density at radius 1 is 1.10 bits per heavy atom. The summed E-state index contributed by atoms with van der Waals surface area (Å²) >= 11 is 9.48. The summed E-state index contributed by atoms with van der Waals surface area (Å²) in [7, 11) is 0. The maximum atomic E-state index is 11.7. The fourth-order valence-electron chi connectivity index (χ4n) is 1.83. The second-order valence-electron chi connectivity index (χ2n) is 4.60. The summed E-state index contributed by atoms with van der Waals surface area (Å²) in [4.78, 5) is 11.7. The van der Waals surface area contributed by atoms with Gasteiger partial charge in [-0.15, -0.1) is 0 Å². The topological polar surface area (TPSA) is 41.1 Å². The lowest BCUT2D eigenvalue weighted by Crippen LogP contribution is -2.33. The molecule has 0 spiro atoms. The van der Waals surface area contributed by atoms with E-state index < -0.39 is 0 Å². The molecule has 0 aliphatic rings. The minimum atomic E-state index is -0.0351. The smallest absolute Gasteiger partial charge is 0.234 e. The van der Waals surface area contributed by atoms with Gasteiger partial charge in [0.05, 0.1) is 6.54 Å². The fourth-order valence-corrected chi connectivity index (χ4v) is 2.57. The van der Waals surface area contributed by atoms with Crippen molar-refractivity contribution in [1.29, 1.82) is 0 Å². The maximum absolute atomic E-state index is 11.7. The molecule has 0 aromatic heterocycles. The summed E-state index contributed by atoms with van der Waals surface area (Å²) in [6, 6.07) is 15.5. The highest BCUT2D eigenvalue weighted by atomic mass is 79.9. The zero-order valence-electron chi connectivity index (χ0n) is 11.4. The van der Waals surface area contributed by atoms with Crippen molar-refractivity contribution in [3.8, 4) is 0 Å². The highest BCUT2D eigenvalue weighted by Crippen LogP contribution is 2.20. The van der Waals surface area contributed by atoms with E-state index in [2.05, 4.69) is 26.6 Å². The average molecular weight is 368 g/mol. The van der Waals surface area contributed by atoms with Crippen LogP contribution in [0.15, 0.2) is 53.0 Å². The number of benzene rings is 2. The Morgan fingerprint density at radius 3 is 2.57 bits per heavy atom. The molecule has 0 bridgehead atoms. The molecule has 110 valence electrons. The van der Waals surface area contributed by atoms with Crippen LogP contribution in [0.3, 0.4) is 0 Å². The normalized spacial score (nSPS) is 10.4. The zero-order chi connectivity index (χ0) is 15.1. The van der Waals surface area contributed by atoms with Crippen molar-refractivity contribution in [1.82, 2.24) is 10.6 Å². The first-order valence-corrected chi connectivity index (χ1v) is 7.77. The van der Waals surface area contributed by atoms with Gasteiger partial charge in [0.15, 0.2) is 0 Å². The van der Waals surface area contributed by atoms with E-state index in [1.165, 1.54) is 0 Å². The summed E-state index contributed by atoms with van der Waals surface area (Å²) in [6.07, 6.45) is 0. The molecule has 5 heteroatoms. The summed E-state index contributed by atoms with van der Waals surface area (Å²) in [5.74, 6) is -0.0351. The van der Waals surface area contributed by atoms with Crippen molar-refractivity contribution >= 4 is 33.4 Å². The molecule has 0 heterocycles. The standard InChI is InChI=1S/C16H16BrClN2O/c17-14-7-6-13(15(18)8-14)10-19-11-16(21)20-9-12-4-2-1-3-5-12/h1-8,19H,9-11H2,(H,20,21). The Hall–Kier alpha value is -1.36. The Bertz CT molecular complexity index is 604. The number of rotatable bonds is 6. The lowest BCUT2D eigenvalue weighted by atomic mass is 10.2. The molecule has 0 saturated heterocycles. The van der Waals surface area contributed by atoms with Gasteiger partial charge < -0.3 is 10.6 Å². The van der Waals surface area contributed by atoms with Gasteiger partial charge in [0.25, 0.3) is 0 Å². The van der Waals surface area contributed by atoms with Crippen LogP contribution in [-0.2, 0) is 17.9 Å². The minimum absolute atomic E-state index is 0.0351. The predicted molar refractivity (Wildman–Crippen MR) is 89.1 cm³/mol. The lowest BCUT2D eigenvalue weighted by Gasteiger charge is -2.08. The van der Waals surface area contributed by atoms with Gasteiger partial charge in [-0.3, -0.25) is 4.79 Å². The van der Waals surface area contributed by atoms with Crippen LogP contribution in [0.1, 0.15) is 11.1 Å². The van der Waals surface area contributed by atoms with Crippen LogP contribution in [0.2, 0.25) is 5.02 Å². The summed E-state index contributed by atoms with van der Waals surface area (Å²) in [5, 5.41) is 6.64. The van der Waals surface area contributed by atoms with E-state index in [-0.39, 0.29) is 12.5 Å². The van der Waals surface area contributed by atoms with Crippen molar-refractivity contribution in [2.75, 3.05) is 6.54 Å². The molecular formula is C16H16BrClN2O. The molecule has 2 aromatic rings. The van der Waals surface area contributed by atoms with Gasteiger partial charge in [-0.05, 0) is 23.3 Å². The molecular weight excluding hydrogens is 352 g/mol. The number of hydrogen-bond acceptors (Lipinski definition) is 2. The molecule has 0 saturated carbocycles. The summed E-state index contributed by atoms with van der Waals surface area (Å²) in [5.41, 5.74) is 2.05. The van der Waals surface area contributed by atoms with E-state index in [0.29, 0.717) is 18.1 Å². The quantitative estimate of drug-likeness (QED) is 0.820. The van der Waals surface area contributed by atoms with E-state index in [9.17, 15) is 4.79 Å². The van der Waals surface area contributed by atoms with E-state index >= 15 is 0 Å². The van der Waals surface area contributed by atoms with Gasteiger partial charge in [-0.2, -0.15) is 0 Å². The first kappa shape index (κ1) is 16.0. The van der Waals surface area contributed by atoms with Crippen molar-refractivity contribution in [2.24, 2.45) is 0 Å². The number of amides is 1. The SMILES string of the molecule is O=C(CNCc1ccc(Br)cc1Cl)NCc1ccccc1. The Morgan fingerprint density at radius 2 is 1.86 bits per heavy atom. The molecule has 0 fully saturated rings. The molecule has 2 aromatic carbocycles. The summed E-state index contributed by atoms with van der Waals surface area (Å²) in [6.45, 7) is 1.37. The molecule has 0 atom stereocenters. The zero-order valence-corrected chi connectivity index (χ0v) is 13.7. The molecule has 1 amide bonds. The second-order valence-corrected chi connectivity index (χ2v) is 5.92. The number of halogens is 2. The molecule has 2 rings (SSSR count). The van der Waals surface area contributed by atoms with Crippen LogP contribution in [0.4, 0.5) is 0 Å². The third kappa shape index (κ3) is 5.50. The van der Waals surface area contributed by atoms with Gasteiger partial charge in [-0.25, -0.2) is 0 Å². The average Bonchev–Trinajstić information content (AvgIpc) is 2.48. The van der Waals surface area contributed by atoms with Crippen molar-refractivity contribution in [3.63, 3.8) is 0 Å². The third-order valence-corrected chi connectivity index (χ3v) is 3.79. The van der Waals surface area contributed by atoms with E-state index in [4.69, 9.17) is 11.6 Å². The molecule has 0 radical (unpaired) electrons. The first-order valence-electron chi connectivity index (χ1n) is 6.60. The molecule has 0 aliphatic heterocycles. The largest absolute Gasteiger partial charge is 0.351 e. The number of carbonyl (C=O) groups is 1. The Labute approximate surface area is 137 Å². The highest BCUT2D eigenvalue weighted by molar-refractivity contribution is 9.10. The molecule has 0 aliphatic carbocycles. The van der Waals surface area contributed by atoms with E-state index in [1.807, 2.05) is 48.5 Å². The monoisotopic (exact) mass is 366 g/mol. The van der Waals surface area contributed by atoms with Crippen LogP contribution < -0.4 is 10.6 Å². The van der Waals surface area contributed by atoms with E-state index in [1.54, 1.807) is 0 Å². The van der Waals surface area contributed by atoms with Gasteiger partial charge in [0.2, 0.25) is 5.91 Å². The first-order chi connectivity index (χ1) is 10.1. The van der Waals surface area contributed by atoms with E-state index in [0.717, 1.165) is 15.6 Å². The predicted octanol–water partition coefficient (Wildman–Crippen LogP) is 3.51. The highest BCUT2D eigenvalue weighted by Gasteiger charge is 2.03. The second kappa shape index (κ2) is 8.17. The number of nitrogens with one attached hydrogen (secondary N) is 2. The van der Waals surface area contributed by atoms with Crippen LogP contribution >= 0.6 is 27.5 Å². The third-order valence-electron chi connectivity index (χ3n) is 2.95. The number of hydrogen-bond donors (Lipinski definition) is 2. The lowest BCUT2D eigenvalue weighted by molar-refractivity contribution is -0.120. The molecule has 21 heavy (non-hydrogen) atoms. The van der Waals surface area contributed by atoms with Crippen LogP contribution in [0, 0.1) is 0 Å². The van der Waals surface area contributed by atoms with Gasteiger partial charge in [0, 0.05) is 22.6 Å². The maximum Gasteiger partial charge on any atom is 0.234 e. The molecule has 0 unspecified atom stereocenters. The number of carbonyl (C=O) groups excluding carboxylic acids is 1. The van der Waals surface area contributed by atoms with Gasteiger partial charge >= 0.3 is 0 Å². The van der Waals surface area contributed by atoms with Crippen molar-refractivity contribution in [3.05, 3.63) is 69.2 Å². The fraction of sp³-hybridized carbons (Fsp3) is 0.188. The molecule has 2 N–H and O–H groups in total. The van der Waals surface area contributed by atoms with Gasteiger partial charge in [-0.1, -0.05) is 63.9 Å². The minimum Gasteiger partial charge on any atom is -0.351 e.